The second-order valence-corrected chi connectivity index (χ2v) is 3.29. The maximum absolute atomic E-state index is 12.7. The van der Waals surface area contributed by atoms with Gasteiger partial charge in [0.1, 0.15) is 18.1 Å². The van der Waals surface area contributed by atoms with Crippen LogP contribution in [0.1, 0.15) is 0 Å². The summed E-state index contributed by atoms with van der Waals surface area (Å²) < 4.78 is 38.1. The van der Waals surface area contributed by atoms with Gasteiger partial charge < -0.3 is 10.4 Å². The van der Waals surface area contributed by atoms with E-state index < -0.39 is 35.5 Å². The molecule has 0 aliphatic carbocycles. The molecule has 0 bridgehead atoms. The number of nitrogens with zero attached hydrogens (tertiary/aromatic N) is 1. The summed E-state index contributed by atoms with van der Waals surface area (Å²) in [6.07, 6.45) is 0. The van der Waals surface area contributed by atoms with E-state index in [1.54, 1.807) is 0 Å². The molecule has 0 aliphatic rings. The Kier molecular flexibility index (Phi) is 3.89. The van der Waals surface area contributed by atoms with Gasteiger partial charge in [-0.2, -0.15) is 0 Å². The summed E-state index contributed by atoms with van der Waals surface area (Å²) in [6, 6.07) is 2.52. The Labute approximate surface area is 94.0 Å². The molecule has 0 heterocycles. The zero-order valence-electron chi connectivity index (χ0n) is 8.49. The third-order valence-corrected chi connectivity index (χ3v) is 1.93. The number of aliphatic hydroxyl groups excluding tert-OH is 1. The number of halogens is 3. The lowest BCUT2D eigenvalue weighted by atomic mass is 10.2. The molecule has 0 amide bonds. The molecular formula is C9H9F3N2O3. The van der Waals surface area contributed by atoms with Crippen molar-refractivity contribution in [3.63, 3.8) is 0 Å². The average Bonchev–Trinajstić information content (AvgIpc) is 2.27. The van der Waals surface area contributed by atoms with Crippen LogP contribution in [0.4, 0.5) is 24.5 Å². The minimum atomic E-state index is -3.40. The quantitative estimate of drug-likeness (QED) is 0.617. The molecule has 8 heteroatoms. The Hall–Kier alpha value is -1.83. The summed E-state index contributed by atoms with van der Waals surface area (Å²) in [5.74, 6) is -4.24. The van der Waals surface area contributed by atoms with E-state index in [2.05, 4.69) is 5.32 Å². The van der Waals surface area contributed by atoms with Crippen LogP contribution in [-0.4, -0.2) is 29.1 Å². The van der Waals surface area contributed by atoms with Gasteiger partial charge in [0.15, 0.2) is 0 Å². The summed E-state index contributed by atoms with van der Waals surface area (Å²) in [4.78, 5) is 9.64. The van der Waals surface area contributed by atoms with Crippen molar-refractivity contribution in [1.29, 1.82) is 0 Å². The fourth-order valence-electron chi connectivity index (χ4n) is 1.09. The zero-order chi connectivity index (χ0) is 13.1. The Balaban J connectivity index is 2.88. The maximum Gasteiger partial charge on any atom is 0.295 e. The van der Waals surface area contributed by atoms with Crippen LogP contribution < -0.4 is 5.32 Å². The van der Waals surface area contributed by atoms with Gasteiger partial charge in [0.25, 0.3) is 11.6 Å². The molecule has 94 valence electrons. The molecule has 0 aliphatic heterocycles. The van der Waals surface area contributed by atoms with Crippen LogP contribution in [0.2, 0.25) is 0 Å². The molecule has 17 heavy (non-hydrogen) atoms. The van der Waals surface area contributed by atoms with Crippen molar-refractivity contribution in [2.75, 3.05) is 18.5 Å². The van der Waals surface area contributed by atoms with E-state index in [0.717, 1.165) is 12.1 Å². The first-order valence-corrected chi connectivity index (χ1v) is 4.52. The van der Waals surface area contributed by atoms with E-state index in [1.165, 1.54) is 0 Å². The summed E-state index contributed by atoms with van der Waals surface area (Å²) in [5, 5.41) is 20.9. The van der Waals surface area contributed by atoms with Crippen molar-refractivity contribution in [3.05, 3.63) is 34.1 Å². The van der Waals surface area contributed by atoms with E-state index in [0.29, 0.717) is 6.07 Å². The number of rotatable bonds is 5. The molecule has 1 aromatic carbocycles. The third-order valence-electron chi connectivity index (χ3n) is 1.93. The molecule has 0 saturated heterocycles. The van der Waals surface area contributed by atoms with Gasteiger partial charge >= 0.3 is 0 Å². The number of benzene rings is 1. The monoisotopic (exact) mass is 250 g/mol. The first-order chi connectivity index (χ1) is 7.85. The van der Waals surface area contributed by atoms with Crippen molar-refractivity contribution in [2.45, 2.75) is 5.92 Å². The van der Waals surface area contributed by atoms with E-state index >= 15 is 0 Å². The topological polar surface area (TPSA) is 75.4 Å². The maximum atomic E-state index is 12.7. The van der Waals surface area contributed by atoms with E-state index in [-0.39, 0.29) is 5.69 Å². The highest BCUT2D eigenvalue weighted by Crippen LogP contribution is 2.26. The predicted octanol–water partition coefficient (Wildman–Crippen LogP) is 1.77. The van der Waals surface area contributed by atoms with E-state index in [1.807, 2.05) is 0 Å². The van der Waals surface area contributed by atoms with Crippen molar-refractivity contribution in [2.24, 2.45) is 0 Å². The summed E-state index contributed by atoms with van der Waals surface area (Å²) >= 11 is 0. The highest BCUT2D eigenvalue weighted by molar-refractivity contribution is 5.61. The smallest absolute Gasteiger partial charge is 0.295 e. The molecule has 0 saturated carbocycles. The first-order valence-electron chi connectivity index (χ1n) is 4.52. The minimum Gasteiger partial charge on any atom is -0.390 e. The standard InChI is InChI=1S/C9H9F3N2O3/c10-6-1-2-7(8(3-6)14(16)17)13-4-9(11,12)5-15/h1-3,13,15H,4-5H2. The Morgan fingerprint density at radius 3 is 2.65 bits per heavy atom. The van der Waals surface area contributed by atoms with Gasteiger partial charge in [-0.05, 0) is 12.1 Å². The Bertz CT molecular complexity index is 426. The summed E-state index contributed by atoms with van der Waals surface area (Å²) in [6.45, 7) is -2.36. The van der Waals surface area contributed by atoms with Crippen molar-refractivity contribution < 1.29 is 23.2 Å². The lowest BCUT2D eigenvalue weighted by Crippen LogP contribution is -2.31. The zero-order valence-corrected chi connectivity index (χ0v) is 8.49. The lowest BCUT2D eigenvalue weighted by molar-refractivity contribution is -0.384. The number of anilines is 1. The van der Waals surface area contributed by atoms with E-state index in [4.69, 9.17) is 5.11 Å². The number of nitro groups is 1. The SMILES string of the molecule is O=[N+]([O-])c1cc(F)ccc1NCC(F)(F)CO. The molecule has 0 aromatic heterocycles. The molecule has 0 fully saturated rings. The lowest BCUT2D eigenvalue weighted by Gasteiger charge is -2.14. The van der Waals surface area contributed by atoms with Crippen LogP contribution in [-0.2, 0) is 0 Å². The normalized spacial score (nSPS) is 11.3. The van der Waals surface area contributed by atoms with Crippen LogP contribution in [0.5, 0.6) is 0 Å². The Morgan fingerprint density at radius 2 is 2.12 bits per heavy atom. The van der Waals surface area contributed by atoms with Crippen LogP contribution in [0.15, 0.2) is 18.2 Å². The highest BCUT2D eigenvalue weighted by Gasteiger charge is 2.28. The molecular weight excluding hydrogens is 241 g/mol. The molecule has 0 atom stereocenters. The van der Waals surface area contributed by atoms with E-state index in [9.17, 15) is 23.3 Å². The van der Waals surface area contributed by atoms with Gasteiger partial charge in [-0.3, -0.25) is 10.1 Å². The summed E-state index contributed by atoms with van der Waals surface area (Å²) in [7, 11) is 0. The van der Waals surface area contributed by atoms with Gasteiger partial charge in [-0.15, -0.1) is 0 Å². The number of alkyl halides is 2. The molecule has 1 aromatic rings. The second-order valence-electron chi connectivity index (χ2n) is 3.29. The molecule has 1 rings (SSSR count). The summed E-state index contributed by atoms with van der Waals surface area (Å²) in [5.41, 5.74) is -0.872. The number of aliphatic hydroxyl groups is 1. The minimum absolute atomic E-state index is 0.232. The molecule has 0 radical (unpaired) electrons. The van der Waals surface area contributed by atoms with Crippen molar-refractivity contribution in [3.8, 4) is 0 Å². The van der Waals surface area contributed by atoms with Gasteiger partial charge in [-0.1, -0.05) is 0 Å². The van der Waals surface area contributed by atoms with Gasteiger partial charge in [0, 0.05) is 0 Å². The molecule has 2 N–H and O–H groups in total. The fourth-order valence-corrected chi connectivity index (χ4v) is 1.09. The van der Waals surface area contributed by atoms with Crippen LogP contribution in [0.25, 0.3) is 0 Å². The number of hydrogen-bond acceptors (Lipinski definition) is 4. The molecule has 0 spiro atoms. The highest BCUT2D eigenvalue weighted by atomic mass is 19.3. The van der Waals surface area contributed by atoms with Gasteiger partial charge in [-0.25, -0.2) is 13.2 Å². The molecule has 0 unspecified atom stereocenters. The Morgan fingerprint density at radius 1 is 1.47 bits per heavy atom. The average molecular weight is 250 g/mol. The number of hydrogen-bond donors (Lipinski definition) is 2. The van der Waals surface area contributed by atoms with Gasteiger partial charge in [0.2, 0.25) is 0 Å². The number of nitrogens with one attached hydrogen (secondary N) is 1. The fraction of sp³-hybridized carbons (Fsp3) is 0.333. The third kappa shape index (κ3) is 3.59. The first kappa shape index (κ1) is 13.2. The van der Waals surface area contributed by atoms with Crippen LogP contribution in [0, 0.1) is 15.9 Å². The van der Waals surface area contributed by atoms with Crippen molar-refractivity contribution in [1.82, 2.24) is 0 Å². The second kappa shape index (κ2) is 5.00. The van der Waals surface area contributed by atoms with Crippen LogP contribution >= 0.6 is 0 Å². The van der Waals surface area contributed by atoms with Gasteiger partial charge in [0.05, 0.1) is 17.5 Å². The number of nitro benzene ring substituents is 1. The largest absolute Gasteiger partial charge is 0.390 e. The molecule has 5 nitrogen and oxygen atoms in total. The van der Waals surface area contributed by atoms with Crippen LogP contribution in [0.3, 0.4) is 0 Å². The van der Waals surface area contributed by atoms with Crippen molar-refractivity contribution >= 4 is 11.4 Å². The predicted molar refractivity (Wildman–Crippen MR) is 53.6 cm³/mol.